The molecule has 0 spiro atoms. The zero-order valence-electron chi connectivity index (χ0n) is 18.6. The van der Waals surface area contributed by atoms with E-state index >= 15 is 0 Å². The fourth-order valence-electron chi connectivity index (χ4n) is 3.50. The Balaban J connectivity index is 1.71. The summed E-state index contributed by atoms with van der Waals surface area (Å²) in [7, 11) is 4.54. The topological polar surface area (TPSA) is 84.2 Å². The van der Waals surface area contributed by atoms with Crippen LogP contribution < -0.4 is 24.4 Å². The van der Waals surface area contributed by atoms with Gasteiger partial charge in [-0.05, 0) is 49.4 Å². The van der Waals surface area contributed by atoms with Crippen LogP contribution in [-0.2, 0) is 0 Å². The quantitative estimate of drug-likeness (QED) is 0.304. The average Bonchev–Trinajstić information content (AvgIpc) is 2.83. The maximum atomic E-state index is 12.9. The van der Waals surface area contributed by atoms with Gasteiger partial charge in [0, 0.05) is 11.6 Å². The first-order valence-electron chi connectivity index (χ1n) is 10.1. The molecular weight excluding hydrogens is 424 g/mol. The number of fused-ring (bicyclic) bond motifs is 1. The van der Waals surface area contributed by atoms with E-state index in [1.807, 2.05) is 13.0 Å². The van der Waals surface area contributed by atoms with Gasteiger partial charge in [0.25, 0.3) is 0 Å². The molecule has 33 heavy (non-hydrogen) atoms. The Morgan fingerprint density at radius 3 is 2.21 bits per heavy atom. The van der Waals surface area contributed by atoms with Crippen molar-refractivity contribution < 1.29 is 28.2 Å². The molecule has 0 N–H and O–H groups in total. The van der Waals surface area contributed by atoms with Crippen molar-refractivity contribution in [2.45, 2.75) is 6.92 Å². The molecule has 3 aromatic carbocycles. The molecule has 0 atom stereocenters. The minimum atomic E-state index is -0.503. The third-order valence-corrected chi connectivity index (χ3v) is 5.11. The Bertz CT molecular complexity index is 1380. The summed E-state index contributed by atoms with van der Waals surface area (Å²) in [6.45, 7) is 1.89. The van der Waals surface area contributed by atoms with E-state index in [4.69, 9.17) is 23.4 Å². The second kappa shape index (κ2) is 9.08. The molecule has 0 aliphatic carbocycles. The molecule has 168 valence electrons. The van der Waals surface area contributed by atoms with Gasteiger partial charge in [-0.1, -0.05) is 17.7 Å². The Kier molecular flexibility index (Phi) is 6.04. The summed E-state index contributed by atoms with van der Waals surface area (Å²) in [6, 6.07) is 16.5. The number of carbonyl (C=O) groups is 1. The molecule has 0 aliphatic heterocycles. The van der Waals surface area contributed by atoms with Crippen LogP contribution in [0.4, 0.5) is 0 Å². The molecule has 0 amide bonds. The predicted octanol–water partition coefficient (Wildman–Crippen LogP) is 5.01. The molecule has 4 aromatic rings. The first-order chi connectivity index (χ1) is 15.9. The highest BCUT2D eigenvalue weighted by atomic mass is 16.5. The van der Waals surface area contributed by atoms with Gasteiger partial charge in [-0.3, -0.25) is 4.79 Å². The molecule has 0 unspecified atom stereocenters. The van der Waals surface area contributed by atoms with Crippen LogP contribution >= 0.6 is 0 Å². The van der Waals surface area contributed by atoms with Crippen molar-refractivity contribution >= 4 is 16.9 Å². The maximum absolute atomic E-state index is 12.9. The van der Waals surface area contributed by atoms with E-state index in [0.717, 1.165) is 5.56 Å². The first-order valence-corrected chi connectivity index (χ1v) is 10.1. The van der Waals surface area contributed by atoms with Crippen molar-refractivity contribution in [3.8, 4) is 34.3 Å². The van der Waals surface area contributed by atoms with E-state index in [-0.39, 0.29) is 11.2 Å². The van der Waals surface area contributed by atoms with E-state index in [2.05, 4.69) is 0 Å². The lowest BCUT2D eigenvalue weighted by atomic mass is 10.1. The normalized spacial score (nSPS) is 10.7. The van der Waals surface area contributed by atoms with Crippen molar-refractivity contribution in [1.82, 2.24) is 0 Å². The van der Waals surface area contributed by atoms with E-state index in [1.54, 1.807) is 42.5 Å². The Hall–Kier alpha value is -4.26. The molecule has 0 aliphatic rings. The molecule has 0 saturated carbocycles. The van der Waals surface area contributed by atoms with Crippen LogP contribution in [0.15, 0.2) is 69.9 Å². The lowest BCUT2D eigenvalue weighted by Crippen LogP contribution is -2.09. The summed E-state index contributed by atoms with van der Waals surface area (Å²) in [5.41, 5.74) is 2.02. The highest BCUT2D eigenvalue weighted by Crippen LogP contribution is 2.41. The molecule has 1 aromatic heterocycles. The monoisotopic (exact) mass is 446 g/mol. The number of esters is 1. The molecule has 1 heterocycles. The Morgan fingerprint density at radius 1 is 0.848 bits per heavy atom. The summed E-state index contributed by atoms with van der Waals surface area (Å²) in [5, 5.41) is 0.292. The van der Waals surface area contributed by atoms with Gasteiger partial charge in [-0.2, -0.15) is 0 Å². The van der Waals surface area contributed by atoms with Crippen LogP contribution in [0.5, 0.6) is 23.0 Å². The number of ether oxygens (including phenoxy) is 4. The van der Waals surface area contributed by atoms with Gasteiger partial charge in [0.1, 0.15) is 17.1 Å². The predicted molar refractivity (Wildman–Crippen MR) is 124 cm³/mol. The van der Waals surface area contributed by atoms with Crippen LogP contribution in [0.25, 0.3) is 22.3 Å². The first kappa shape index (κ1) is 22.0. The third-order valence-electron chi connectivity index (χ3n) is 5.11. The molecule has 0 saturated heterocycles. The number of carbonyl (C=O) groups excluding carboxylic acids is 1. The molecule has 0 fully saturated rings. The summed E-state index contributed by atoms with van der Waals surface area (Å²) in [6.07, 6.45) is 0. The number of hydrogen-bond donors (Lipinski definition) is 0. The highest BCUT2D eigenvalue weighted by molar-refractivity contribution is 5.92. The van der Waals surface area contributed by atoms with Crippen molar-refractivity contribution in [3.63, 3.8) is 0 Å². The number of benzene rings is 3. The molecule has 0 bridgehead atoms. The van der Waals surface area contributed by atoms with Crippen LogP contribution in [0, 0.1) is 6.92 Å². The molecule has 4 rings (SSSR count). The molecular formula is C26H22O7. The standard InChI is InChI=1S/C26H22O7/c1-15-6-5-7-16(10-15)26(28)32-18-8-9-21-19(13-18)20(27)14-22(33-21)17-11-23(29-2)25(31-4)24(12-17)30-3/h5-14H,1-4H3. The molecule has 0 radical (unpaired) electrons. The van der Waals surface area contributed by atoms with E-state index in [9.17, 15) is 9.59 Å². The lowest BCUT2D eigenvalue weighted by Gasteiger charge is -2.14. The van der Waals surface area contributed by atoms with Crippen molar-refractivity contribution in [3.05, 3.63) is 82.0 Å². The third kappa shape index (κ3) is 4.39. The Labute approximate surface area is 190 Å². The van der Waals surface area contributed by atoms with Crippen LogP contribution in [0.1, 0.15) is 15.9 Å². The van der Waals surface area contributed by atoms with Crippen molar-refractivity contribution in [2.75, 3.05) is 21.3 Å². The van der Waals surface area contributed by atoms with Gasteiger partial charge in [0.05, 0.1) is 32.3 Å². The Morgan fingerprint density at radius 2 is 1.58 bits per heavy atom. The minimum Gasteiger partial charge on any atom is -0.493 e. The smallest absolute Gasteiger partial charge is 0.343 e. The van der Waals surface area contributed by atoms with Gasteiger partial charge in [-0.15, -0.1) is 0 Å². The summed E-state index contributed by atoms with van der Waals surface area (Å²) >= 11 is 0. The minimum absolute atomic E-state index is 0.252. The zero-order valence-corrected chi connectivity index (χ0v) is 18.6. The van der Waals surface area contributed by atoms with Crippen LogP contribution in [-0.4, -0.2) is 27.3 Å². The second-order valence-electron chi connectivity index (χ2n) is 7.31. The SMILES string of the molecule is COc1cc(-c2cc(=O)c3cc(OC(=O)c4cccc(C)c4)ccc3o2)cc(OC)c1OC. The van der Waals surface area contributed by atoms with Crippen LogP contribution in [0.3, 0.4) is 0 Å². The van der Waals surface area contributed by atoms with E-state index in [1.165, 1.54) is 33.5 Å². The maximum Gasteiger partial charge on any atom is 0.343 e. The fourth-order valence-corrected chi connectivity index (χ4v) is 3.50. The summed E-state index contributed by atoms with van der Waals surface area (Å²) in [4.78, 5) is 25.3. The van der Waals surface area contributed by atoms with Crippen molar-refractivity contribution in [2.24, 2.45) is 0 Å². The van der Waals surface area contributed by atoms with Gasteiger partial charge in [0.15, 0.2) is 16.9 Å². The number of methoxy groups -OCH3 is 3. The molecule has 7 heteroatoms. The second-order valence-corrected chi connectivity index (χ2v) is 7.31. The average molecular weight is 446 g/mol. The van der Waals surface area contributed by atoms with E-state index in [0.29, 0.717) is 45.1 Å². The zero-order chi connectivity index (χ0) is 23.5. The lowest BCUT2D eigenvalue weighted by molar-refractivity contribution is 0.0735. The molecule has 7 nitrogen and oxygen atoms in total. The van der Waals surface area contributed by atoms with Gasteiger partial charge in [0.2, 0.25) is 5.75 Å². The van der Waals surface area contributed by atoms with Crippen LogP contribution in [0.2, 0.25) is 0 Å². The fraction of sp³-hybridized carbons (Fsp3) is 0.154. The number of hydrogen-bond acceptors (Lipinski definition) is 7. The van der Waals surface area contributed by atoms with Crippen molar-refractivity contribution in [1.29, 1.82) is 0 Å². The van der Waals surface area contributed by atoms with Gasteiger partial charge < -0.3 is 23.4 Å². The number of rotatable bonds is 6. The summed E-state index contributed by atoms with van der Waals surface area (Å²) < 4.78 is 27.5. The number of aryl methyl sites for hydroxylation is 1. The van der Waals surface area contributed by atoms with Gasteiger partial charge in [-0.25, -0.2) is 4.79 Å². The summed E-state index contributed by atoms with van der Waals surface area (Å²) in [5.74, 6) is 1.39. The highest BCUT2D eigenvalue weighted by Gasteiger charge is 2.17. The van der Waals surface area contributed by atoms with E-state index < -0.39 is 5.97 Å². The van der Waals surface area contributed by atoms with Gasteiger partial charge >= 0.3 is 5.97 Å². The largest absolute Gasteiger partial charge is 0.493 e.